The van der Waals surface area contributed by atoms with E-state index in [2.05, 4.69) is 9.97 Å². The molecular formula is C21H19Cl2F3N5O3S-. The summed E-state index contributed by atoms with van der Waals surface area (Å²) in [4.78, 5) is 22.4. The molecule has 4 heterocycles. The second-order valence-corrected chi connectivity index (χ2v) is 9.81. The third-order valence-electron chi connectivity index (χ3n) is 5.98. The van der Waals surface area contributed by atoms with E-state index < -0.39 is 29.0 Å². The Balaban J connectivity index is 1.66. The first kappa shape index (κ1) is 25.8. The second-order valence-electron chi connectivity index (χ2n) is 8.12. The smallest absolute Gasteiger partial charge is 0.433 e. The van der Waals surface area contributed by atoms with Gasteiger partial charge in [-0.1, -0.05) is 23.2 Å². The number of fused-ring (bicyclic) bond motifs is 1. The molecule has 1 atom stereocenters. The lowest BCUT2D eigenvalue weighted by molar-refractivity contribution is -0.141. The van der Waals surface area contributed by atoms with Gasteiger partial charge in [-0.2, -0.15) is 13.2 Å². The second kappa shape index (κ2) is 9.66. The molecule has 0 spiro atoms. The van der Waals surface area contributed by atoms with Gasteiger partial charge in [0, 0.05) is 73.8 Å². The first-order valence-electron chi connectivity index (χ1n) is 10.4. The van der Waals surface area contributed by atoms with Crippen molar-refractivity contribution in [2.24, 2.45) is 7.05 Å². The van der Waals surface area contributed by atoms with Crippen LogP contribution in [-0.2, 0) is 30.9 Å². The maximum absolute atomic E-state index is 13.2. The highest BCUT2D eigenvalue weighted by atomic mass is 35.5. The zero-order chi connectivity index (χ0) is 25.7. The van der Waals surface area contributed by atoms with Gasteiger partial charge >= 0.3 is 6.18 Å². The van der Waals surface area contributed by atoms with E-state index in [1.807, 2.05) is 0 Å². The number of alkyl halides is 3. The average Bonchev–Trinajstić information content (AvgIpc) is 3.11. The van der Waals surface area contributed by atoms with Crippen molar-refractivity contribution >= 4 is 51.4 Å². The maximum atomic E-state index is 13.2. The number of pyridine rings is 2. The molecule has 0 saturated carbocycles. The van der Waals surface area contributed by atoms with Crippen LogP contribution in [0.15, 0.2) is 18.3 Å². The summed E-state index contributed by atoms with van der Waals surface area (Å²) < 4.78 is 64.7. The number of hydrogen-bond acceptors (Lipinski definition) is 5. The van der Waals surface area contributed by atoms with Gasteiger partial charge in [-0.05, 0) is 24.6 Å². The number of piperazine rings is 1. The molecule has 1 amide bonds. The van der Waals surface area contributed by atoms with Gasteiger partial charge in [0.15, 0.2) is 0 Å². The molecule has 3 aromatic rings. The lowest BCUT2D eigenvalue weighted by Crippen LogP contribution is -2.49. The van der Waals surface area contributed by atoms with E-state index in [0.29, 0.717) is 22.2 Å². The van der Waals surface area contributed by atoms with E-state index in [0.717, 1.165) is 6.07 Å². The van der Waals surface area contributed by atoms with Crippen LogP contribution in [0.4, 0.5) is 13.2 Å². The number of rotatable bonds is 4. The van der Waals surface area contributed by atoms with Crippen molar-refractivity contribution in [3.05, 3.63) is 56.6 Å². The summed E-state index contributed by atoms with van der Waals surface area (Å²) in [5.41, 5.74) is 0.626. The van der Waals surface area contributed by atoms with Crippen LogP contribution in [0.3, 0.4) is 0 Å². The topological polar surface area (TPSA) is 94.4 Å². The van der Waals surface area contributed by atoms with Gasteiger partial charge in [-0.15, -0.1) is 0 Å². The molecule has 35 heavy (non-hydrogen) atoms. The van der Waals surface area contributed by atoms with E-state index in [-0.39, 0.29) is 54.0 Å². The molecule has 4 rings (SSSR count). The molecule has 1 aliphatic heterocycles. The Morgan fingerprint density at radius 1 is 1.20 bits per heavy atom. The van der Waals surface area contributed by atoms with Crippen molar-refractivity contribution in [2.45, 2.75) is 19.5 Å². The molecular weight excluding hydrogens is 530 g/mol. The van der Waals surface area contributed by atoms with E-state index in [4.69, 9.17) is 23.2 Å². The normalized spacial score (nSPS) is 16.2. The highest BCUT2D eigenvalue weighted by Crippen LogP contribution is 2.34. The number of carbonyl (C=O) groups is 1. The summed E-state index contributed by atoms with van der Waals surface area (Å²) >= 11 is 10.5. The molecule has 188 valence electrons. The zero-order valence-electron chi connectivity index (χ0n) is 18.5. The summed E-state index contributed by atoms with van der Waals surface area (Å²) in [5.74, 6) is -0.416. The van der Waals surface area contributed by atoms with Crippen molar-refractivity contribution in [1.29, 1.82) is 0 Å². The summed E-state index contributed by atoms with van der Waals surface area (Å²) in [6, 6.07) is 2.70. The van der Waals surface area contributed by atoms with Crippen LogP contribution < -0.4 is 0 Å². The van der Waals surface area contributed by atoms with Crippen molar-refractivity contribution in [3.63, 3.8) is 0 Å². The molecule has 0 radical (unpaired) electrons. The Kier molecular flexibility index (Phi) is 7.13. The molecule has 1 saturated heterocycles. The van der Waals surface area contributed by atoms with Gasteiger partial charge in [0.25, 0.3) is 5.91 Å². The number of carbonyl (C=O) groups excluding carboxylic acids is 1. The minimum absolute atomic E-state index is 0.0593. The third-order valence-corrected chi connectivity index (χ3v) is 7.52. The summed E-state index contributed by atoms with van der Waals surface area (Å²) in [6.07, 6.45) is -3.22. The molecule has 3 aromatic heterocycles. The molecule has 0 aromatic carbocycles. The first-order valence-corrected chi connectivity index (χ1v) is 12.2. The van der Waals surface area contributed by atoms with E-state index >= 15 is 0 Å². The Hall–Kier alpha value is -2.25. The monoisotopic (exact) mass is 548 g/mol. The summed E-state index contributed by atoms with van der Waals surface area (Å²) in [7, 11) is 1.59. The molecule has 8 nitrogen and oxygen atoms in total. The first-order chi connectivity index (χ1) is 16.4. The zero-order valence-corrected chi connectivity index (χ0v) is 20.9. The molecule has 1 aliphatic rings. The van der Waals surface area contributed by atoms with E-state index in [1.54, 1.807) is 20.0 Å². The number of amides is 1. The average molecular weight is 549 g/mol. The highest BCUT2D eigenvalue weighted by Gasteiger charge is 2.34. The van der Waals surface area contributed by atoms with Crippen LogP contribution >= 0.6 is 23.2 Å². The predicted octanol–water partition coefficient (Wildman–Crippen LogP) is 3.75. The van der Waals surface area contributed by atoms with E-state index in [9.17, 15) is 26.7 Å². The number of hydrogen-bond donors (Lipinski definition) is 0. The van der Waals surface area contributed by atoms with Crippen LogP contribution in [0.5, 0.6) is 0 Å². The standard InChI is InChI=1S/C21H20Cl2F3N5O3S/c1-11-7-16(21(24,25)26)28-19-13(11)8-12(29(19)2)9-14-17(22)15(10-27-18(14)23)20(32)30-3-5-31(6-4-30)35(33)34/h7-8,10H,3-6,9H2,1-2H3,(H,33,34)/p-1. The van der Waals surface area contributed by atoms with Crippen LogP contribution in [0.25, 0.3) is 11.0 Å². The molecule has 14 heteroatoms. The van der Waals surface area contributed by atoms with Crippen LogP contribution in [0.2, 0.25) is 10.2 Å². The Morgan fingerprint density at radius 3 is 2.46 bits per heavy atom. The van der Waals surface area contributed by atoms with Crippen LogP contribution in [0.1, 0.15) is 32.9 Å². The number of halogens is 5. The van der Waals surface area contributed by atoms with Gasteiger partial charge in [-0.3, -0.25) is 9.00 Å². The lowest BCUT2D eigenvalue weighted by atomic mass is 10.1. The van der Waals surface area contributed by atoms with Crippen molar-refractivity contribution in [3.8, 4) is 0 Å². The SMILES string of the molecule is Cc1cc(C(F)(F)F)nc2c1cc(Cc1c(Cl)ncc(C(=O)N3CCN(S(=O)[O-])CC3)c1Cl)n2C. The summed E-state index contributed by atoms with van der Waals surface area (Å²) in [5, 5.41) is 0.691. The molecule has 0 N–H and O–H groups in total. The largest absolute Gasteiger partial charge is 0.760 e. The molecule has 0 bridgehead atoms. The molecule has 1 fully saturated rings. The quantitative estimate of drug-likeness (QED) is 0.365. The maximum Gasteiger partial charge on any atom is 0.433 e. The fourth-order valence-electron chi connectivity index (χ4n) is 4.01. The third kappa shape index (κ3) is 5.03. The minimum atomic E-state index is -4.58. The molecule has 1 unspecified atom stereocenters. The van der Waals surface area contributed by atoms with Gasteiger partial charge in [0.2, 0.25) is 0 Å². The lowest BCUT2D eigenvalue weighted by Gasteiger charge is -2.35. The summed E-state index contributed by atoms with van der Waals surface area (Å²) in [6.45, 7) is 2.28. The van der Waals surface area contributed by atoms with E-state index in [1.165, 1.54) is 20.0 Å². The molecule has 0 aliphatic carbocycles. The van der Waals surface area contributed by atoms with Crippen LogP contribution in [0, 0.1) is 6.92 Å². The Labute approximate surface area is 211 Å². The number of aromatic nitrogens is 3. The fourth-order valence-corrected chi connectivity index (χ4v) is 5.02. The predicted molar refractivity (Wildman–Crippen MR) is 124 cm³/mol. The van der Waals surface area contributed by atoms with Crippen molar-refractivity contribution in [1.82, 2.24) is 23.7 Å². The van der Waals surface area contributed by atoms with Crippen molar-refractivity contribution in [2.75, 3.05) is 26.2 Å². The van der Waals surface area contributed by atoms with Gasteiger partial charge < -0.3 is 14.0 Å². The number of aryl methyl sites for hydroxylation is 2. The Morgan fingerprint density at radius 2 is 1.86 bits per heavy atom. The van der Waals surface area contributed by atoms with Crippen LogP contribution in [-0.4, -0.2) is 64.6 Å². The fraction of sp³-hybridized carbons (Fsp3) is 0.381. The van der Waals surface area contributed by atoms with Gasteiger partial charge in [0.1, 0.15) is 16.5 Å². The van der Waals surface area contributed by atoms with Gasteiger partial charge in [-0.25, -0.2) is 14.3 Å². The minimum Gasteiger partial charge on any atom is -0.760 e. The highest BCUT2D eigenvalue weighted by molar-refractivity contribution is 7.76. The van der Waals surface area contributed by atoms with Gasteiger partial charge in [0.05, 0.1) is 10.6 Å². The number of nitrogens with zero attached hydrogens (tertiary/aromatic N) is 5. The Bertz CT molecular complexity index is 1340. The van der Waals surface area contributed by atoms with Crippen molar-refractivity contribution < 1.29 is 26.7 Å².